The van der Waals surface area contributed by atoms with Gasteiger partial charge in [-0.25, -0.2) is 9.97 Å². The third kappa shape index (κ3) is 3.94. The van der Waals surface area contributed by atoms with E-state index in [1.807, 2.05) is 0 Å². The Bertz CT molecular complexity index is 1230. The van der Waals surface area contributed by atoms with E-state index in [2.05, 4.69) is 15.3 Å². The average molecular weight is 421 g/mol. The number of anilines is 2. The molecule has 7 nitrogen and oxygen atoms in total. The first-order valence-corrected chi connectivity index (χ1v) is 9.15. The molecule has 0 saturated carbocycles. The van der Waals surface area contributed by atoms with E-state index in [9.17, 15) is 18.0 Å². The van der Waals surface area contributed by atoms with Gasteiger partial charge in [-0.15, -0.1) is 0 Å². The third-order valence-corrected chi connectivity index (χ3v) is 5.08. The molecule has 29 heavy (non-hydrogen) atoms. The summed E-state index contributed by atoms with van der Waals surface area (Å²) < 4.78 is 44.2. The zero-order valence-corrected chi connectivity index (χ0v) is 15.8. The van der Waals surface area contributed by atoms with Crippen LogP contribution in [0, 0.1) is 0 Å². The van der Waals surface area contributed by atoms with Crippen LogP contribution in [0.2, 0.25) is 0 Å². The fraction of sp³-hybridized carbons (Fsp3) is 0.167. The van der Waals surface area contributed by atoms with Gasteiger partial charge in [-0.3, -0.25) is 4.79 Å². The Kier molecular flexibility index (Phi) is 4.53. The van der Waals surface area contributed by atoms with Gasteiger partial charge in [0.15, 0.2) is 11.7 Å². The van der Waals surface area contributed by atoms with E-state index in [0.717, 1.165) is 5.52 Å². The SMILES string of the molecule is Cn1c(Nc2nc3ccc(OCC(F)(F)F)cc3s2)nc2cc(C(N)=O)ccc21. The van der Waals surface area contributed by atoms with Crippen molar-refractivity contribution in [2.45, 2.75) is 6.18 Å². The maximum Gasteiger partial charge on any atom is 0.422 e. The lowest BCUT2D eigenvalue weighted by atomic mass is 10.2. The van der Waals surface area contributed by atoms with Crippen LogP contribution in [0.1, 0.15) is 10.4 Å². The zero-order valence-electron chi connectivity index (χ0n) is 14.9. The summed E-state index contributed by atoms with van der Waals surface area (Å²) in [6, 6.07) is 9.52. The Balaban J connectivity index is 1.60. The first kappa shape index (κ1) is 19.0. The standard InChI is InChI=1S/C18H14F3N5O2S/c1-26-13-5-2-9(15(22)27)6-12(13)23-16(26)25-17-24-11-4-3-10(7-14(11)29-17)28-8-18(19,20)21/h2-7H,8H2,1H3,(H2,22,27)(H,23,24,25). The largest absolute Gasteiger partial charge is 0.484 e. The highest BCUT2D eigenvalue weighted by Gasteiger charge is 2.28. The van der Waals surface area contributed by atoms with Crippen molar-refractivity contribution in [2.75, 3.05) is 11.9 Å². The Morgan fingerprint density at radius 2 is 2.00 bits per heavy atom. The number of hydrogen-bond acceptors (Lipinski definition) is 6. The van der Waals surface area contributed by atoms with E-state index in [0.29, 0.717) is 32.4 Å². The van der Waals surface area contributed by atoms with E-state index >= 15 is 0 Å². The Hall–Kier alpha value is -3.34. The quantitative estimate of drug-likeness (QED) is 0.509. The van der Waals surface area contributed by atoms with Crippen LogP contribution >= 0.6 is 11.3 Å². The Morgan fingerprint density at radius 1 is 1.21 bits per heavy atom. The summed E-state index contributed by atoms with van der Waals surface area (Å²) in [7, 11) is 1.80. The molecule has 150 valence electrons. The number of fused-ring (bicyclic) bond motifs is 2. The van der Waals surface area contributed by atoms with E-state index in [1.165, 1.54) is 23.5 Å². The van der Waals surface area contributed by atoms with Crippen LogP contribution in [-0.2, 0) is 7.05 Å². The van der Waals surface area contributed by atoms with Crippen LogP contribution in [-0.4, -0.2) is 33.2 Å². The molecule has 3 N–H and O–H groups in total. The fourth-order valence-electron chi connectivity index (χ4n) is 2.77. The molecule has 0 saturated heterocycles. The second-order valence-electron chi connectivity index (χ2n) is 6.24. The minimum Gasteiger partial charge on any atom is -0.484 e. The van der Waals surface area contributed by atoms with Crippen molar-refractivity contribution in [3.05, 3.63) is 42.0 Å². The summed E-state index contributed by atoms with van der Waals surface area (Å²) in [6.07, 6.45) is -4.40. The minimum atomic E-state index is -4.40. The molecular weight excluding hydrogens is 407 g/mol. The molecule has 2 aromatic heterocycles. The van der Waals surface area contributed by atoms with Gasteiger partial charge < -0.3 is 20.4 Å². The third-order valence-electron chi connectivity index (χ3n) is 4.15. The lowest BCUT2D eigenvalue weighted by Crippen LogP contribution is -2.19. The highest BCUT2D eigenvalue weighted by molar-refractivity contribution is 7.22. The molecule has 0 atom stereocenters. The summed E-state index contributed by atoms with van der Waals surface area (Å²) >= 11 is 1.26. The van der Waals surface area contributed by atoms with Gasteiger partial charge in [0, 0.05) is 12.6 Å². The summed E-state index contributed by atoms with van der Waals surface area (Å²) in [5.41, 5.74) is 7.66. The van der Waals surface area contributed by atoms with Crippen LogP contribution < -0.4 is 15.8 Å². The number of carbonyl (C=O) groups excluding carboxylic acids is 1. The van der Waals surface area contributed by atoms with Crippen molar-refractivity contribution in [2.24, 2.45) is 12.8 Å². The number of nitrogens with two attached hydrogens (primary N) is 1. The van der Waals surface area contributed by atoms with Gasteiger partial charge in [0.1, 0.15) is 5.75 Å². The molecule has 0 radical (unpaired) electrons. The zero-order chi connectivity index (χ0) is 20.8. The van der Waals surface area contributed by atoms with Crippen LogP contribution in [0.3, 0.4) is 0 Å². The number of aryl methyl sites for hydroxylation is 1. The summed E-state index contributed by atoms with van der Waals surface area (Å²) in [5, 5.41) is 3.61. The van der Waals surface area contributed by atoms with Gasteiger partial charge in [-0.05, 0) is 36.4 Å². The number of ether oxygens (including phenoxy) is 1. The van der Waals surface area contributed by atoms with Gasteiger partial charge in [-0.2, -0.15) is 13.2 Å². The second kappa shape index (κ2) is 6.92. The van der Waals surface area contributed by atoms with Gasteiger partial charge >= 0.3 is 6.18 Å². The molecule has 0 unspecified atom stereocenters. The number of rotatable bonds is 5. The Labute approximate surface area is 165 Å². The number of alkyl halides is 3. The fourth-order valence-corrected chi connectivity index (χ4v) is 3.66. The van der Waals surface area contributed by atoms with E-state index in [1.54, 1.807) is 35.9 Å². The van der Waals surface area contributed by atoms with Crippen molar-refractivity contribution in [3.63, 3.8) is 0 Å². The number of hydrogen-bond donors (Lipinski definition) is 2. The molecule has 0 fully saturated rings. The molecule has 0 bridgehead atoms. The van der Waals surface area contributed by atoms with Crippen molar-refractivity contribution in [3.8, 4) is 5.75 Å². The van der Waals surface area contributed by atoms with Crippen LogP contribution in [0.25, 0.3) is 21.3 Å². The first-order chi connectivity index (χ1) is 13.7. The average Bonchev–Trinajstić information content (AvgIpc) is 3.19. The normalized spacial score (nSPS) is 11.9. The number of primary amides is 1. The monoisotopic (exact) mass is 421 g/mol. The summed E-state index contributed by atoms with van der Waals surface area (Å²) in [6.45, 7) is -1.35. The maximum atomic E-state index is 12.3. The van der Waals surface area contributed by atoms with E-state index < -0.39 is 18.7 Å². The van der Waals surface area contributed by atoms with E-state index in [4.69, 9.17) is 10.5 Å². The van der Waals surface area contributed by atoms with E-state index in [-0.39, 0.29) is 5.75 Å². The van der Waals surface area contributed by atoms with Crippen molar-refractivity contribution in [1.29, 1.82) is 0 Å². The number of amides is 1. The van der Waals surface area contributed by atoms with Crippen LogP contribution in [0.15, 0.2) is 36.4 Å². The van der Waals surface area contributed by atoms with Crippen LogP contribution in [0.5, 0.6) is 5.75 Å². The summed E-state index contributed by atoms with van der Waals surface area (Å²) in [5.74, 6) is 0.0720. The van der Waals surface area contributed by atoms with Crippen LogP contribution in [0.4, 0.5) is 24.3 Å². The number of imidazole rings is 1. The number of nitrogens with zero attached hydrogens (tertiary/aromatic N) is 3. The lowest BCUT2D eigenvalue weighted by Gasteiger charge is -2.08. The van der Waals surface area contributed by atoms with Crippen molar-refractivity contribution >= 4 is 49.6 Å². The lowest BCUT2D eigenvalue weighted by molar-refractivity contribution is -0.153. The minimum absolute atomic E-state index is 0.117. The second-order valence-corrected chi connectivity index (χ2v) is 7.27. The highest BCUT2D eigenvalue weighted by atomic mass is 32.1. The number of thiazole rings is 1. The van der Waals surface area contributed by atoms with Gasteiger partial charge in [-0.1, -0.05) is 11.3 Å². The Morgan fingerprint density at radius 3 is 2.72 bits per heavy atom. The molecular formula is C18H14F3N5O2S. The topological polar surface area (TPSA) is 95.1 Å². The maximum absolute atomic E-state index is 12.3. The number of aromatic nitrogens is 3. The number of halogens is 3. The highest BCUT2D eigenvalue weighted by Crippen LogP contribution is 2.32. The molecule has 11 heteroatoms. The number of nitrogens with one attached hydrogen (secondary N) is 1. The molecule has 4 rings (SSSR count). The summed E-state index contributed by atoms with van der Waals surface area (Å²) in [4.78, 5) is 20.2. The molecule has 1 amide bonds. The number of benzene rings is 2. The molecule has 4 aromatic rings. The van der Waals surface area contributed by atoms with Gasteiger partial charge in [0.2, 0.25) is 11.9 Å². The molecule has 0 aliphatic heterocycles. The molecule has 0 aliphatic rings. The molecule has 2 aromatic carbocycles. The smallest absolute Gasteiger partial charge is 0.422 e. The van der Waals surface area contributed by atoms with Gasteiger partial charge in [0.05, 0.1) is 21.3 Å². The molecule has 0 spiro atoms. The van der Waals surface area contributed by atoms with Crippen molar-refractivity contribution < 1.29 is 22.7 Å². The van der Waals surface area contributed by atoms with Crippen molar-refractivity contribution in [1.82, 2.24) is 14.5 Å². The first-order valence-electron chi connectivity index (χ1n) is 8.33. The number of carbonyl (C=O) groups is 1. The molecule has 2 heterocycles. The predicted octanol–water partition coefficient (Wildman–Crippen LogP) is 3.97. The molecule has 0 aliphatic carbocycles. The predicted molar refractivity (Wildman–Crippen MR) is 104 cm³/mol. The van der Waals surface area contributed by atoms with Gasteiger partial charge in [0.25, 0.3) is 0 Å².